The van der Waals surface area contributed by atoms with Gasteiger partial charge in [0.2, 0.25) is 0 Å². The van der Waals surface area contributed by atoms with E-state index in [9.17, 15) is 18.0 Å². The Morgan fingerprint density at radius 2 is 1.73 bits per heavy atom. The van der Waals surface area contributed by atoms with Crippen LogP contribution < -0.4 is 0 Å². The summed E-state index contributed by atoms with van der Waals surface area (Å²) >= 11 is 0. The molecule has 6 nitrogen and oxygen atoms in total. The summed E-state index contributed by atoms with van der Waals surface area (Å²) in [6.07, 6.45) is 0.672. The summed E-state index contributed by atoms with van der Waals surface area (Å²) in [6, 6.07) is 0. The van der Waals surface area contributed by atoms with Crippen molar-refractivity contribution in [2.45, 2.75) is 19.3 Å². The van der Waals surface area contributed by atoms with Crippen LogP contribution in [-0.2, 0) is 19.4 Å². The largest absolute Gasteiger partial charge is 0.481 e. The van der Waals surface area contributed by atoms with Crippen LogP contribution in [-0.4, -0.2) is 42.6 Å². The predicted molar refractivity (Wildman–Crippen MR) is 52.3 cm³/mol. The number of carboxylic acids is 2. The van der Waals surface area contributed by atoms with Crippen LogP contribution in [0.4, 0.5) is 0 Å². The number of sulfone groups is 1. The SMILES string of the molecule is CS(=O)(=O)CCC(CCC(=O)O)C(=O)O. The van der Waals surface area contributed by atoms with E-state index in [1.54, 1.807) is 0 Å². The quantitative estimate of drug-likeness (QED) is 0.645. The van der Waals surface area contributed by atoms with Crippen LogP contribution in [0.25, 0.3) is 0 Å². The lowest BCUT2D eigenvalue weighted by atomic mass is 10.0. The lowest BCUT2D eigenvalue weighted by Crippen LogP contribution is -2.19. The third kappa shape index (κ3) is 7.92. The molecule has 0 heterocycles. The van der Waals surface area contributed by atoms with E-state index in [0.717, 1.165) is 6.26 Å². The van der Waals surface area contributed by atoms with Gasteiger partial charge in [0.1, 0.15) is 9.84 Å². The summed E-state index contributed by atoms with van der Waals surface area (Å²) in [5.41, 5.74) is 0. The van der Waals surface area contributed by atoms with Gasteiger partial charge in [0.05, 0.1) is 11.7 Å². The third-order valence-corrected chi connectivity index (χ3v) is 2.87. The van der Waals surface area contributed by atoms with Gasteiger partial charge in [-0.3, -0.25) is 9.59 Å². The Bertz CT molecular complexity index is 331. The Morgan fingerprint density at radius 1 is 1.20 bits per heavy atom. The average Bonchev–Trinajstić information content (AvgIpc) is 2.00. The molecule has 2 N–H and O–H groups in total. The highest BCUT2D eigenvalue weighted by Gasteiger charge is 2.20. The molecule has 0 spiro atoms. The molecule has 88 valence electrons. The Labute approximate surface area is 87.8 Å². The molecule has 0 aromatic rings. The zero-order chi connectivity index (χ0) is 12.1. The summed E-state index contributed by atoms with van der Waals surface area (Å²) in [5, 5.41) is 17.1. The topological polar surface area (TPSA) is 109 Å². The van der Waals surface area contributed by atoms with E-state index in [1.807, 2.05) is 0 Å². The van der Waals surface area contributed by atoms with Gasteiger partial charge in [-0.15, -0.1) is 0 Å². The van der Waals surface area contributed by atoms with E-state index in [0.29, 0.717) is 0 Å². The molecular weight excluding hydrogens is 224 g/mol. The van der Waals surface area contributed by atoms with E-state index in [-0.39, 0.29) is 25.0 Å². The number of hydrogen-bond acceptors (Lipinski definition) is 4. The van der Waals surface area contributed by atoms with Crippen molar-refractivity contribution < 1.29 is 28.2 Å². The van der Waals surface area contributed by atoms with Gasteiger partial charge in [0.25, 0.3) is 0 Å². The van der Waals surface area contributed by atoms with Crippen molar-refractivity contribution >= 4 is 21.8 Å². The summed E-state index contributed by atoms with van der Waals surface area (Å²) in [6.45, 7) is 0. The average molecular weight is 238 g/mol. The first-order valence-corrected chi connectivity index (χ1v) is 6.40. The van der Waals surface area contributed by atoms with E-state index >= 15 is 0 Å². The maximum Gasteiger partial charge on any atom is 0.306 e. The van der Waals surface area contributed by atoms with Crippen molar-refractivity contribution in [2.75, 3.05) is 12.0 Å². The number of carbonyl (C=O) groups is 2. The van der Waals surface area contributed by atoms with Crippen LogP contribution in [0.15, 0.2) is 0 Å². The van der Waals surface area contributed by atoms with Crippen LogP contribution in [0.2, 0.25) is 0 Å². The molecule has 0 rings (SSSR count). The number of carboxylic acid groups (broad SMARTS) is 2. The van der Waals surface area contributed by atoms with Crippen molar-refractivity contribution in [3.63, 3.8) is 0 Å². The van der Waals surface area contributed by atoms with Gasteiger partial charge in [0.15, 0.2) is 0 Å². The highest BCUT2D eigenvalue weighted by atomic mass is 32.2. The monoisotopic (exact) mass is 238 g/mol. The van der Waals surface area contributed by atoms with Gasteiger partial charge < -0.3 is 10.2 Å². The van der Waals surface area contributed by atoms with E-state index < -0.39 is 27.7 Å². The minimum absolute atomic E-state index is 0.0402. The second-order valence-corrected chi connectivity index (χ2v) is 5.65. The summed E-state index contributed by atoms with van der Waals surface area (Å²) in [5.74, 6) is -3.37. The number of hydrogen-bond donors (Lipinski definition) is 2. The molecule has 1 unspecified atom stereocenters. The fraction of sp³-hybridized carbons (Fsp3) is 0.750. The lowest BCUT2D eigenvalue weighted by Gasteiger charge is -2.09. The highest BCUT2D eigenvalue weighted by Crippen LogP contribution is 2.12. The molecule has 0 aromatic heterocycles. The van der Waals surface area contributed by atoms with Crippen LogP contribution in [0.1, 0.15) is 19.3 Å². The molecule has 15 heavy (non-hydrogen) atoms. The van der Waals surface area contributed by atoms with Crippen molar-refractivity contribution in [3.8, 4) is 0 Å². The second kappa shape index (κ2) is 5.69. The summed E-state index contributed by atoms with van der Waals surface area (Å²) < 4.78 is 21.6. The van der Waals surface area contributed by atoms with Crippen LogP contribution in [0, 0.1) is 5.92 Å². The standard InChI is InChI=1S/C8H14O6S/c1-15(13,14)5-4-6(8(11)12)2-3-7(9)10/h6H,2-5H2,1H3,(H,9,10)(H,11,12). The maximum atomic E-state index is 10.8. The second-order valence-electron chi connectivity index (χ2n) is 3.39. The Balaban J connectivity index is 4.17. The summed E-state index contributed by atoms with van der Waals surface area (Å²) in [7, 11) is -3.20. The van der Waals surface area contributed by atoms with E-state index in [2.05, 4.69) is 0 Å². The number of aliphatic carboxylic acids is 2. The Morgan fingerprint density at radius 3 is 2.07 bits per heavy atom. The zero-order valence-electron chi connectivity index (χ0n) is 8.34. The van der Waals surface area contributed by atoms with Crippen molar-refractivity contribution in [1.82, 2.24) is 0 Å². The Kier molecular flexibility index (Phi) is 5.27. The summed E-state index contributed by atoms with van der Waals surface area (Å²) in [4.78, 5) is 20.9. The van der Waals surface area contributed by atoms with Gasteiger partial charge in [-0.05, 0) is 12.8 Å². The lowest BCUT2D eigenvalue weighted by molar-refractivity contribution is -0.142. The zero-order valence-corrected chi connectivity index (χ0v) is 9.16. The molecule has 0 aliphatic heterocycles. The van der Waals surface area contributed by atoms with E-state index in [1.165, 1.54) is 0 Å². The van der Waals surface area contributed by atoms with Gasteiger partial charge in [0, 0.05) is 12.7 Å². The molecule has 0 saturated heterocycles. The molecule has 0 aliphatic rings. The fourth-order valence-electron chi connectivity index (χ4n) is 1.05. The van der Waals surface area contributed by atoms with E-state index in [4.69, 9.17) is 10.2 Å². The molecular formula is C8H14O6S. The van der Waals surface area contributed by atoms with Gasteiger partial charge >= 0.3 is 11.9 Å². The molecule has 0 bridgehead atoms. The predicted octanol–water partition coefficient (Wildman–Crippen LogP) is -0.0133. The molecule has 7 heteroatoms. The molecule has 0 fully saturated rings. The molecule has 1 atom stereocenters. The first-order valence-electron chi connectivity index (χ1n) is 4.34. The van der Waals surface area contributed by atoms with Crippen molar-refractivity contribution in [3.05, 3.63) is 0 Å². The molecule has 0 aromatic carbocycles. The smallest absolute Gasteiger partial charge is 0.306 e. The molecule has 0 radical (unpaired) electrons. The third-order valence-electron chi connectivity index (χ3n) is 1.89. The van der Waals surface area contributed by atoms with Gasteiger partial charge in [-0.25, -0.2) is 8.42 Å². The van der Waals surface area contributed by atoms with Crippen LogP contribution in [0.5, 0.6) is 0 Å². The highest BCUT2D eigenvalue weighted by molar-refractivity contribution is 7.90. The minimum Gasteiger partial charge on any atom is -0.481 e. The van der Waals surface area contributed by atoms with Crippen molar-refractivity contribution in [1.29, 1.82) is 0 Å². The first-order chi connectivity index (χ1) is 6.72. The normalized spacial score (nSPS) is 13.4. The fourth-order valence-corrected chi connectivity index (χ4v) is 1.76. The van der Waals surface area contributed by atoms with Crippen LogP contribution in [0.3, 0.4) is 0 Å². The van der Waals surface area contributed by atoms with Crippen LogP contribution >= 0.6 is 0 Å². The van der Waals surface area contributed by atoms with Gasteiger partial charge in [-0.1, -0.05) is 0 Å². The first kappa shape index (κ1) is 13.9. The minimum atomic E-state index is -3.20. The molecule has 0 aliphatic carbocycles. The van der Waals surface area contributed by atoms with Gasteiger partial charge in [-0.2, -0.15) is 0 Å². The molecule has 0 saturated carbocycles. The maximum absolute atomic E-state index is 10.8. The Hall–Kier alpha value is -1.11. The molecule has 0 amide bonds. The number of rotatable bonds is 7. The van der Waals surface area contributed by atoms with Crippen molar-refractivity contribution in [2.24, 2.45) is 5.92 Å².